The molecule has 0 radical (unpaired) electrons. The van der Waals surface area contributed by atoms with Gasteiger partial charge in [0.05, 0.1) is 25.1 Å². The van der Waals surface area contributed by atoms with Crippen LogP contribution in [0.1, 0.15) is 47.8 Å². The van der Waals surface area contributed by atoms with Crippen LogP contribution in [0.3, 0.4) is 0 Å². The molecule has 4 aromatic rings. The van der Waals surface area contributed by atoms with Gasteiger partial charge >= 0.3 is 13.7 Å². The maximum Gasteiger partial charge on any atom is 0.459 e. The molecular formula is C30H40F2N7O8P. The maximum absolute atomic E-state index is 16.5. The molecule has 0 aliphatic heterocycles. The Morgan fingerprint density at radius 3 is 2.56 bits per heavy atom. The van der Waals surface area contributed by atoms with Crippen molar-refractivity contribution in [2.24, 2.45) is 5.41 Å². The summed E-state index contributed by atoms with van der Waals surface area (Å²) in [5, 5.41) is 13.4. The maximum atomic E-state index is 16.5. The summed E-state index contributed by atoms with van der Waals surface area (Å²) in [6, 6.07) is 6.76. The quantitative estimate of drug-likeness (QED) is 0.108. The van der Waals surface area contributed by atoms with Crippen LogP contribution < -0.4 is 20.1 Å². The van der Waals surface area contributed by atoms with E-state index in [1.54, 1.807) is 37.4 Å². The Labute approximate surface area is 275 Å². The molecule has 0 bridgehead atoms. The lowest BCUT2D eigenvalue weighted by atomic mass is 9.99. The SMILES string of the molecule is CCOc1nc(N)nc2c1ncn2[C@@H](CF)O[C@](F)(COP(=O)(NC(C)C(=O)OCC(C)(C)C)Oc1cccc2ncccc12)[C@H](C)O. The lowest BCUT2D eigenvalue weighted by Gasteiger charge is -2.33. The number of pyridine rings is 1. The zero-order valence-electron chi connectivity index (χ0n) is 27.4. The molecule has 0 amide bonds. The van der Waals surface area contributed by atoms with E-state index in [2.05, 4.69) is 25.0 Å². The van der Waals surface area contributed by atoms with Crippen LogP contribution in [0.2, 0.25) is 0 Å². The van der Waals surface area contributed by atoms with Gasteiger partial charge in [0.25, 0.3) is 5.85 Å². The van der Waals surface area contributed by atoms with Gasteiger partial charge in [0.1, 0.15) is 31.2 Å². The Balaban J connectivity index is 1.64. The molecule has 0 spiro atoms. The smallest absolute Gasteiger partial charge is 0.459 e. The molecule has 48 heavy (non-hydrogen) atoms. The van der Waals surface area contributed by atoms with Crippen LogP contribution in [0.15, 0.2) is 42.9 Å². The fraction of sp³-hybridized carbons (Fsp3) is 0.500. The highest BCUT2D eigenvalue weighted by molar-refractivity contribution is 7.52. The summed E-state index contributed by atoms with van der Waals surface area (Å²) >= 11 is 0. The zero-order chi connectivity index (χ0) is 35.3. The Morgan fingerprint density at radius 2 is 1.90 bits per heavy atom. The van der Waals surface area contributed by atoms with Crippen LogP contribution in [-0.2, 0) is 23.4 Å². The lowest BCUT2D eigenvalue weighted by molar-refractivity contribution is -0.259. The minimum atomic E-state index is -4.70. The van der Waals surface area contributed by atoms with Crippen LogP contribution in [0.25, 0.3) is 22.1 Å². The number of aliphatic hydroxyl groups is 1. The van der Waals surface area contributed by atoms with E-state index in [1.807, 2.05) is 20.8 Å². The number of benzene rings is 1. The molecule has 15 nitrogen and oxygen atoms in total. The molecule has 18 heteroatoms. The van der Waals surface area contributed by atoms with Gasteiger partial charge in [-0.15, -0.1) is 0 Å². The van der Waals surface area contributed by atoms with Crippen molar-refractivity contribution in [3.63, 3.8) is 0 Å². The van der Waals surface area contributed by atoms with E-state index in [4.69, 9.17) is 29.0 Å². The number of aromatic nitrogens is 5. The van der Waals surface area contributed by atoms with Crippen LogP contribution >= 0.6 is 7.75 Å². The fourth-order valence-corrected chi connectivity index (χ4v) is 5.77. The van der Waals surface area contributed by atoms with Gasteiger partial charge in [0, 0.05) is 11.6 Å². The first-order valence-electron chi connectivity index (χ1n) is 15.0. The normalized spacial score (nSPS) is 16.5. The van der Waals surface area contributed by atoms with Crippen molar-refractivity contribution in [3.8, 4) is 11.6 Å². The first-order chi connectivity index (χ1) is 22.6. The number of anilines is 1. The third-order valence-corrected chi connectivity index (χ3v) is 8.30. The molecule has 2 unspecified atom stereocenters. The summed E-state index contributed by atoms with van der Waals surface area (Å²) in [6.07, 6.45) is -1.08. The number of hydrogen-bond donors (Lipinski definition) is 3. The number of ether oxygens (including phenoxy) is 3. The fourth-order valence-electron chi connectivity index (χ4n) is 4.25. The highest BCUT2D eigenvalue weighted by Gasteiger charge is 2.45. The second kappa shape index (κ2) is 15.0. The topological polar surface area (TPSA) is 195 Å². The molecule has 0 aliphatic carbocycles. The predicted molar refractivity (Wildman–Crippen MR) is 171 cm³/mol. The van der Waals surface area contributed by atoms with Gasteiger partial charge in [-0.1, -0.05) is 26.8 Å². The van der Waals surface area contributed by atoms with E-state index < -0.39 is 51.2 Å². The van der Waals surface area contributed by atoms with E-state index in [9.17, 15) is 18.9 Å². The molecule has 0 aliphatic rings. The highest BCUT2D eigenvalue weighted by atomic mass is 31.2. The van der Waals surface area contributed by atoms with Gasteiger partial charge in [0.2, 0.25) is 11.8 Å². The number of esters is 1. The first-order valence-corrected chi connectivity index (χ1v) is 16.6. The number of nitrogen functional groups attached to an aromatic ring is 1. The average Bonchev–Trinajstić information content (AvgIpc) is 3.45. The van der Waals surface area contributed by atoms with Crippen molar-refractivity contribution in [1.29, 1.82) is 0 Å². The van der Waals surface area contributed by atoms with E-state index in [-0.39, 0.29) is 47.4 Å². The Bertz CT molecular complexity index is 1770. The van der Waals surface area contributed by atoms with Crippen molar-refractivity contribution in [1.82, 2.24) is 29.6 Å². The van der Waals surface area contributed by atoms with Gasteiger partial charge in [-0.05, 0) is 50.5 Å². The number of imidazole rings is 1. The van der Waals surface area contributed by atoms with Crippen LogP contribution in [0.5, 0.6) is 11.6 Å². The van der Waals surface area contributed by atoms with Crippen molar-refractivity contribution in [2.75, 3.05) is 32.2 Å². The molecule has 0 saturated heterocycles. The number of nitrogens with two attached hydrogens (primary N) is 1. The number of nitrogens with zero attached hydrogens (tertiary/aromatic N) is 5. The molecule has 1 aromatic carbocycles. The minimum Gasteiger partial charge on any atom is -0.476 e. The van der Waals surface area contributed by atoms with Crippen LogP contribution in [-0.4, -0.2) is 80.1 Å². The summed E-state index contributed by atoms with van der Waals surface area (Å²) < 4.78 is 73.9. The third kappa shape index (κ3) is 8.90. The molecule has 3 aromatic heterocycles. The molecular weight excluding hydrogens is 655 g/mol. The number of fused-ring (bicyclic) bond motifs is 2. The number of hydrogen-bond acceptors (Lipinski definition) is 13. The standard InChI is InChI=1S/C30H40F2N7O8P/c1-7-43-26-24-25(36-28(33)37-26)39(17-35-24)23(14-31)46-30(32,19(3)40)16-45-48(42,38-18(2)27(41)44-15-29(4,5)6)47-22-12-8-11-21-20(22)10-9-13-34-21/h8-13,17-19,23,40H,7,14-16H2,1-6H3,(H,38,42)(H2,33,36,37)/t18?,19-,23+,30+,48?/m0/s1. The lowest BCUT2D eigenvalue weighted by Crippen LogP contribution is -2.46. The summed E-state index contributed by atoms with van der Waals surface area (Å²) in [5.74, 6) is -4.16. The Morgan fingerprint density at radius 1 is 1.15 bits per heavy atom. The number of carbonyl (C=O) groups is 1. The van der Waals surface area contributed by atoms with Gasteiger partial charge < -0.3 is 29.6 Å². The molecule has 262 valence electrons. The largest absolute Gasteiger partial charge is 0.476 e. The molecule has 5 atom stereocenters. The second-order valence-corrected chi connectivity index (χ2v) is 13.7. The average molecular weight is 696 g/mol. The van der Waals surface area contributed by atoms with E-state index >= 15 is 4.39 Å². The molecule has 0 saturated carbocycles. The number of rotatable bonds is 16. The zero-order valence-corrected chi connectivity index (χ0v) is 28.3. The van der Waals surface area contributed by atoms with E-state index in [1.165, 1.54) is 13.0 Å². The molecule has 0 fully saturated rings. The van der Waals surface area contributed by atoms with Gasteiger partial charge in [0.15, 0.2) is 17.4 Å². The van der Waals surface area contributed by atoms with Gasteiger partial charge in [-0.2, -0.15) is 15.1 Å². The minimum absolute atomic E-state index is 0.0182. The molecule has 4 rings (SSSR count). The second-order valence-electron chi connectivity index (χ2n) is 12.0. The van der Waals surface area contributed by atoms with Crippen molar-refractivity contribution in [3.05, 3.63) is 42.9 Å². The van der Waals surface area contributed by atoms with Crippen molar-refractivity contribution in [2.45, 2.75) is 65.8 Å². The summed E-state index contributed by atoms with van der Waals surface area (Å²) in [5.41, 5.74) is 5.99. The summed E-state index contributed by atoms with van der Waals surface area (Å²) in [6.45, 7) is 7.35. The number of carbonyl (C=O) groups excluding carboxylic acids is 1. The number of aliphatic hydroxyl groups excluding tert-OH is 1. The first kappa shape index (κ1) is 36.8. The highest BCUT2D eigenvalue weighted by Crippen LogP contribution is 2.48. The molecule has 3 heterocycles. The summed E-state index contributed by atoms with van der Waals surface area (Å²) in [4.78, 5) is 29.2. The van der Waals surface area contributed by atoms with Crippen molar-refractivity contribution < 1.29 is 46.5 Å². The molecule has 4 N–H and O–H groups in total. The van der Waals surface area contributed by atoms with E-state index in [0.717, 1.165) is 17.8 Å². The van der Waals surface area contributed by atoms with E-state index in [0.29, 0.717) is 10.9 Å². The number of nitrogens with one attached hydrogen (secondary N) is 1. The van der Waals surface area contributed by atoms with Crippen molar-refractivity contribution >= 4 is 41.7 Å². The van der Waals surface area contributed by atoms with Gasteiger partial charge in [-0.25, -0.2) is 18.3 Å². The predicted octanol–water partition coefficient (Wildman–Crippen LogP) is 4.66. The van der Waals surface area contributed by atoms with Crippen LogP contribution in [0.4, 0.5) is 14.7 Å². The van der Waals surface area contributed by atoms with Crippen LogP contribution in [0, 0.1) is 5.41 Å². The monoisotopic (exact) mass is 695 g/mol. The third-order valence-electron chi connectivity index (χ3n) is 6.69. The Kier molecular flexibility index (Phi) is 11.5. The number of halogens is 2. The van der Waals surface area contributed by atoms with Gasteiger partial charge in [-0.3, -0.25) is 18.9 Å². The Hall–Kier alpha value is -4.02. The number of alkyl halides is 2. The summed E-state index contributed by atoms with van der Waals surface area (Å²) in [7, 11) is -4.70.